The van der Waals surface area contributed by atoms with Crippen LogP contribution in [-0.4, -0.2) is 18.2 Å². The molecule has 1 aromatic rings. The molecule has 1 aliphatic heterocycles. The lowest BCUT2D eigenvalue weighted by molar-refractivity contribution is 0.368. The third-order valence-corrected chi connectivity index (χ3v) is 1.90. The molecule has 1 aliphatic rings. The van der Waals surface area contributed by atoms with Crippen LogP contribution in [0.5, 0.6) is 11.5 Å². The summed E-state index contributed by atoms with van der Waals surface area (Å²) in [4.78, 5) is 14.3. The van der Waals surface area contributed by atoms with Crippen molar-refractivity contribution >= 4 is 12.0 Å². The lowest BCUT2D eigenvalue weighted by atomic mass is 10.2. The highest BCUT2D eigenvalue weighted by atomic mass is 16.5. The zero-order chi connectivity index (χ0) is 10.1. The topological polar surface area (TPSA) is 58.9 Å². The Morgan fingerprint density at radius 2 is 2.43 bits per heavy atom. The van der Waals surface area contributed by atoms with E-state index in [2.05, 4.69) is 11.1 Å². The van der Waals surface area contributed by atoms with Crippen LogP contribution in [0.2, 0.25) is 0 Å². The molecule has 4 heteroatoms. The predicted octanol–water partition coefficient (Wildman–Crippen LogP) is -0.670. The largest absolute Gasteiger partial charge is 0.504 e. The number of carbonyl (C=O) groups excluding carboxylic acids is 1. The molecule has 14 heavy (non-hydrogen) atoms. The van der Waals surface area contributed by atoms with Crippen LogP contribution in [0.1, 0.15) is 0 Å². The molecule has 0 bridgehead atoms. The second-order valence-electron chi connectivity index (χ2n) is 2.72. The van der Waals surface area contributed by atoms with Gasteiger partial charge >= 0.3 is 0 Å². The number of hydrogen-bond acceptors (Lipinski definition) is 4. The molecule has 0 saturated carbocycles. The van der Waals surface area contributed by atoms with E-state index in [1.54, 1.807) is 18.1 Å². The highest BCUT2D eigenvalue weighted by molar-refractivity contribution is 5.69. The van der Waals surface area contributed by atoms with E-state index >= 15 is 0 Å². The number of fused-ring (bicyclic) bond motifs is 1. The van der Waals surface area contributed by atoms with E-state index < -0.39 is 0 Å². The SMILES string of the molecule is COc1c(O)[c]cc2c1=NC(=C=O)C=2. The molecule has 1 heterocycles. The molecule has 0 fully saturated rings. The molecule has 4 nitrogen and oxygen atoms in total. The molecule has 0 unspecified atom stereocenters. The number of nitrogens with zero attached hydrogens (tertiary/aromatic N) is 1. The van der Waals surface area contributed by atoms with Crippen LogP contribution >= 0.6 is 0 Å². The summed E-state index contributed by atoms with van der Waals surface area (Å²) in [6.45, 7) is 0. The maximum Gasteiger partial charge on any atom is 0.187 e. The fourth-order valence-electron chi connectivity index (χ4n) is 1.29. The highest BCUT2D eigenvalue weighted by Crippen LogP contribution is 2.18. The Kier molecular flexibility index (Phi) is 1.84. The number of hydrogen-bond donors (Lipinski definition) is 1. The summed E-state index contributed by atoms with van der Waals surface area (Å²) < 4.78 is 4.94. The van der Waals surface area contributed by atoms with Gasteiger partial charge in [0.1, 0.15) is 11.1 Å². The number of allylic oxidation sites excluding steroid dienone is 1. The Morgan fingerprint density at radius 1 is 1.64 bits per heavy atom. The van der Waals surface area contributed by atoms with Crippen molar-refractivity contribution in [1.29, 1.82) is 0 Å². The van der Waals surface area contributed by atoms with Crippen molar-refractivity contribution in [1.82, 2.24) is 0 Å². The van der Waals surface area contributed by atoms with Gasteiger partial charge in [-0.2, -0.15) is 0 Å². The number of aromatic hydroxyl groups is 1. The average molecular weight is 188 g/mol. The molecule has 0 saturated heterocycles. The van der Waals surface area contributed by atoms with Crippen LogP contribution in [0.15, 0.2) is 16.8 Å². The summed E-state index contributed by atoms with van der Waals surface area (Å²) in [5.74, 6) is 1.79. The number of phenols is 1. The van der Waals surface area contributed by atoms with E-state index in [1.807, 2.05) is 0 Å². The molecule has 0 amide bonds. The van der Waals surface area contributed by atoms with E-state index in [0.717, 1.165) is 0 Å². The van der Waals surface area contributed by atoms with Gasteiger partial charge in [-0.3, -0.25) is 0 Å². The quantitative estimate of drug-likeness (QED) is 0.594. The standard InChI is InChI=1S/C10H6NO3/c1-14-10-8(13)3-2-6-4-7(5-12)11-9(6)10/h2,4,13H,1H3. The van der Waals surface area contributed by atoms with Crippen molar-refractivity contribution in [3.05, 3.63) is 28.4 Å². The summed E-state index contributed by atoms with van der Waals surface area (Å²) in [5, 5.41) is 10.5. The van der Waals surface area contributed by atoms with Gasteiger partial charge in [-0.15, -0.1) is 0 Å². The van der Waals surface area contributed by atoms with Gasteiger partial charge < -0.3 is 9.84 Å². The van der Waals surface area contributed by atoms with Gasteiger partial charge in [-0.05, 0) is 12.1 Å². The molecular formula is C10H6NO3. The summed E-state index contributed by atoms with van der Waals surface area (Å²) in [5.41, 5.74) is 0.192. The summed E-state index contributed by atoms with van der Waals surface area (Å²) in [6, 6.07) is 4.13. The number of phenolic OH excluding ortho intramolecular Hbond substituents is 1. The fraction of sp³-hybridized carbons (Fsp3) is 0.100. The first-order valence-corrected chi connectivity index (χ1v) is 3.89. The molecular weight excluding hydrogens is 182 g/mol. The molecule has 0 aromatic heterocycles. The van der Waals surface area contributed by atoms with Crippen LogP contribution in [-0.2, 0) is 4.79 Å². The van der Waals surface area contributed by atoms with Crippen LogP contribution in [0.25, 0.3) is 6.08 Å². The molecule has 0 aliphatic carbocycles. The van der Waals surface area contributed by atoms with Crippen molar-refractivity contribution in [3.63, 3.8) is 0 Å². The van der Waals surface area contributed by atoms with Crippen molar-refractivity contribution in [2.24, 2.45) is 4.99 Å². The summed E-state index contributed by atoms with van der Waals surface area (Å²) in [7, 11) is 1.42. The lowest BCUT2D eigenvalue weighted by Gasteiger charge is -2.00. The average Bonchev–Trinajstić information content (AvgIpc) is 2.60. The number of ether oxygens (including phenoxy) is 1. The second kappa shape index (κ2) is 3.01. The van der Waals surface area contributed by atoms with Gasteiger partial charge in [0.25, 0.3) is 0 Å². The molecule has 2 rings (SSSR count). The minimum atomic E-state index is -0.115. The molecule has 1 N–H and O–H groups in total. The molecule has 0 atom stereocenters. The Hall–Kier alpha value is -2.06. The lowest BCUT2D eigenvalue weighted by Crippen LogP contribution is -2.23. The second-order valence-corrected chi connectivity index (χ2v) is 2.72. The van der Waals surface area contributed by atoms with Crippen LogP contribution < -0.4 is 15.3 Å². The Labute approximate surface area is 79.5 Å². The molecule has 69 valence electrons. The van der Waals surface area contributed by atoms with Gasteiger partial charge in [-0.1, -0.05) is 0 Å². The fourth-order valence-corrected chi connectivity index (χ4v) is 1.29. The summed E-state index contributed by atoms with van der Waals surface area (Å²) >= 11 is 0. The summed E-state index contributed by atoms with van der Waals surface area (Å²) in [6.07, 6.45) is 1.56. The first-order valence-electron chi connectivity index (χ1n) is 3.89. The van der Waals surface area contributed by atoms with E-state index in [9.17, 15) is 9.90 Å². The number of rotatable bonds is 1. The molecule has 1 radical (unpaired) electrons. The van der Waals surface area contributed by atoms with E-state index in [4.69, 9.17) is 4.74 Å². The normalized spacial score (nSPS) is 12.5. The first-order chi connectivity index (χ1) is 6.76. The minimum absolute atomic E-state index is 0.115. The Balaban J connectivity index is 2.88. The van der Waals surface area contributed by atoms with Crippen LogP contribution in [0.4, 0.5) is 0 Å². The zero-order valence-corrected chi connectivity index (χ0v) is 7.37. The highest BCUT2D eigenvalue weighted by Gasteiger charge is 2.10. The van der Waals surface area contributed by atoms with Gasteiger partial charge in [0.2, 0.25) is 0 Å². The third kappa shape index (κ3) is 1.09. The Morgan fingerprint density at radius 3 is 3.07 bits per heavy atom. The van der Waals surface area contributed by atoms with Gasteiger partial charge in [0.05, 0.1) is 7.11 Å². The van der Waals surface area contributed by atoms with Crippen molar-refractivity contribution < 1.29 is 14.6 Å². The van der Waals surface area contributed by atoms with Gasteiger partial charge in [0.15, 0.2) is 17.4 Å². The van der Waals surface area contributed by atoms with Crippen LogP contribution in [0.3, 0.4) is 0 Å². The van der Waals surface area contributed by atoms with Crippen molar-refractivity contribution in [3.8, 4) is 11.5 Å². The monoisotopic (exact) mass is 188 g/mol. The number of benzene rings is 1. The maximum atomic E-state index is 10.4. The maximum absolute atomic E-state index is 10.4. The van der Waals surface area contributed by atoms with Gasteiger partial charge in [0, 0.05) is 11.3 Å². The Bertz CT molecular complexity index is 553. The van der Waals surface area contributed by atoms with E-state index in [1.165, 1.54) is 7.11 Å². The minimum Gasteiger partial charge on any atom is -0.504 e. The van der Waals surface area contributed by atoms with Gasteiger partial charge in [-0.25, -0.2) is 9.79 Å². The van der Waals surface area contributed by atoms with Crippen molar-refractivity contribution in [2.75, 3.05) is 7.11 Å². The predicted molar refractivity (Wildman–Crippen MR) is 47.9 cm³/mol. The molecule has 0 spiro atoms. The third-order valence-electron chi connectivity index (χ3n) is 1.90. The van der Waals surface area contributed by atoms with E-state index in [0.29, 0.717) is 10.6 Å². The zero-order valence-electron chi connectivity index (χ0n) is 7.37. The van der Waals surface area contributed by atoms with Crippen LogP contribution in [0, 0.1) is 6.07 Å². The first kappa shape index (κ1) is 8.53. The smallest absolute Gasteiger partial charge is 0.187 e. The van der Waals surface area contributed by atoms with E-state index in [-0.39, 0.29) is 17.2 Å². The van der Waals surface area contributed by atoms with Crippen molar-refractivity contribution in [2.45, 2.75) is 0 Å². The molecule has 1 aromatic carbocycles. The number of methoxy groups -OCH3 is 1.